The number of nitrogens with one attached hydrogen (secondary N) is 1. The molecule has 2 fully saturated rings. The molecule has 2 aromatic carbocycles. The highest BCUT2D eigenvalue weighted by Gasteiger charge is 2.54. The fourth-order valence-corrected chi connectivity index (χ4v) is 3.83. The van der Waals surface area contributed by atoms with Crippen molar-refractivity contribution < 1.29 is 14.6 Å². The zero-order valence-corrected chi connectivity index (χ0v) is 13.4. The van der Waals surface area contributed by atoms with Crippen molar-refractivity contribution in [2.75, 3.05) is 19.7 Å². The van der Waals surface area contributed by atoms with Gasteiger partial charge in [0.25, 0.3) is 0 Å². The number of esters is 1. The van der Waals surface area contributed by atoms with Crippen LogP contribution in [0, 0.1) is 17.8 Å². The second kappa shape index (κ2) is 6.04. The Labute approximate surface area is 141 Å². The van der Waals surface area contributed by atoms with Gasteiger partial charge >= 0.3 is 5.97 Å². The van der Waals surface area contributed by atoms with Crippen LogP contribution in [0.25, 0.3) is 0 Å². The zero-order valence-electron chi connectivity index (χ0n) is 13.4. The van der Waals surface area contributed by atoms with Gasteiger partial charge in [0.05, 0.1) is 6.61 Å². The highest BCUT2D eigenvalue weighted by molar-refractivity contribution is 5.85. The standard InChI is InChI=1S/C20H21NO3/c22-19(24-13-18-16-11-21-12-17(16)18)20(23,14-7-3-1-4-8-14)15-9-5-2-6-10-15/h1-10,16-18,21,23H,11-13H2/t16-,17+,18?. The predicted octanol–water partition coefficient (Wildman–Crippen LogP) is 1.93. The van der Waals surface area contributed by atoms with E-state index in [1.165, 1.54) is 0 Å². The van der Waals surface area contributed by atoms with Crippen LogP contribution >= 0.6 is 0 Å². The van der Waals surface area contributed by atoms with E-state index in [0.717, 1.165) is 13.1 Å². The first kappa shape index (κ1) is 15.4. The molecule has 124 valence electrons. The van der Waals surface area contributed by atoms with E-state index < -0.39 is 11.6 Å². The second-order valence-corrected chi connectivity index (χ2v) is 6.69. The summed E-state index contributed by atoms with van der Waals surface area (Å²) in [6.45, 7) is 2.40. The van der Waals surface area contributed by atoms with Crippen molar-refractivity contribution in [1.29, 1.82) is 0 Å². The normalized spacial score (nSPS) is 25.1. The number of piperidine rings is 1. The lowest BCUT2D eigenvalue weighted by Crippen LogP contribution is -2.39. The lowest BCUT2D eigenvalue weighted by molar-refractivity contribution is -0.163. The van der Waals surface area contributed by atoms with Gasteiger partial charge in [0.2, 0.25) is 5.60 Å². The Hall–Kier alpha value is -2.17. The van der Waals surface area contributed by atoms with Crippen LogP contribution in [0.15, 0.2) is 60.7 Å². The quantitative estimate of drug-likeness (QED) is 0.826. The summed E-state index contributed by atoms with van der Waals surface area (Å²) >= 11 is 0. The number of hydrogen-bond donors (Lipinski definition) is 2. The summed E-state index contributed by atoms with van der Waals surface area (Å²) in [7, 11) is 0. The molecule has 1 aliphatic carbocycles. The smallest absolute Gasteiger partial charge is 0.347 e. The minimum absolute atomic E-state index is 0.387. The number of carbonyl (C=O) groups excluding carboxylic acids is 1. The van der Waals surface area contributed by atoms with Crippen molar-refractivity contribution >= 4 is 5.97 Å². The molecule has 1 saturated heterocycles. The molecule has 4 heteroatoms. The van der Waals surface area contributed by atoms with E-state index in [1.54, 1.807) is 24.3 Å². The Balaban J connectivity index is 1.57. The SMILES string of the molecule is O=C(OCC1[C@H]2CNC[C@@H]12)C(O)(c1ccccc1)c1ccccc1. The lowest BCUT2D eigenvalue weighted by atomic mass is 9.86. The minimum Gasteiger partial charge on any atom is -0.463 e. The molecule has 2 aromatic rings. The van der Waals surface area contributed by atoms with Gasteiger partial charge in [-0.15, -0.1) is 0 Å². The van der Waals surface area contributed by atoms with E-state index >= 15 is 0 Å². The summed E-state index contributed by atoms with van der Waals surface area (Å²) in [6.07, 6.45) is 0. The molecule has 3 atom stereocenters. The fourth-order valence-electron chi connectivity index (χ4n) is 3.83. The number of ether oxygens (including phenoxy) is 1. The van der Waals surface area contributed by atoms with Gasteiger partial charge in [-0.1, -0.05) is 60.7 Å². The molecular weight excluding hydrogens is 302 g/mol. The third-order valence-electron chi connectivity index (χ3n) is 5.35. The van der Waals surface area contributed by atoms with Gasteiger partial charge in [-0.05, 0) is 36.1 Å². The molecule has 1 heterocycles. The van der Waals surface area contributed by atoms with E-state index in [-0.39, 0.29) is 0 Å². The van der Waals surface area contributed by atoms with Gasteiger partial charge in [-0.25, -0.2) is 4.79 Å². The van der Waals surface area contributed by atoms with Crippen molar-refractivity contribution in [2.24, 2.45) is 17.8 Å². The Bertz CT molecular complexity index is 667. The van der Waals surface area contributed by atoms with Crippen molar-refractivity contribution in [2.45, 2.75) is 5.60 Å². The van der Waals surface area contributed by atoms with Crippen molar-refractivity contribution in [1.82, 2.24) is 5.32 Å². The molecule has 4 rings (SSSR count). The van der Waals surface area contributed by atoms with Crippen LogP contribution in [0.3, 0.4) is 0 Å². The number of fused-ring (bicyclic) bond motifs is 1. The minimum atomic E-state index is -1.77. The predicted molar refractivity (Wildman–Crippen MR) is 90.2 cm³/mol. The summed E-state index contributed by atoms with van der Waals surface area (Å²) in [5.41, 5.74) is -0.720. The highest BCUT2D eigenvalue weighted by Crippen LogP contribution is 2.48. The molecule has 4 nitrogen and oxygen atoms in total. The molecule has 0 amide bonds. The third-order valence-corrected chi connectivity index (χ3v) is 5.35. The van der Waals surface area contributed by atoms with Gasteiger partial charge in [0.1, 0.15) is 0 Å². The number of benzene rings is 2. The van der Waals surface area contributed by atoms with Crippen LogP contribution < -0.4 is 5.32 Å². The van der Waals surface area contributed by atoms with E-state index in [4.69, 9.17) is 4.74 Å². The Morgan fingerprint density at radius 2 is 1.50 bits per heavy atom. The molecule has 0 bridgehead atoms. The van der Waals surface area contributed by atoms with E-state index in [9.17, 15) is 9.90 Å². The van der Waals surface area contributed by atoms with E-state index in [0.29, 0.717) is 35.5 Å². The molecule has 0 radical (unpaired) electrons. The highest BCUT2D eigenvalue weighted by atomic mass is 16.5. The van der Waals surface area contributed by atoms with Crippen LogP contribution in [0.1, 0.15) is 11.1 Å². The van der Waals surface area contributed by atoms with E-state index in [1.807, 2.05) is 36.4 Å². The molecular formula is C20H21NO3. The number of rotatable bonds is 5. The first-order valence-electron chi connectivity index (χ1n) is 8.42. The first-order valence-corrected chi connectivity index (χ1v) is 8.42. The van der Waals surface area contributed by atoms with Gasteiger partial charge < -0.3 is 15.2 Å². The molecule has 24 heavy (non-hydrogen) atoms. The Morgan fingerprint density at radius 3 is 2.00 bits per heavy atom. The summed E-state index contributed by atoms with van der Waals surface area (Å²) < 4.78 is 5.56. The zero-order chi connectivity index (χ0) is 16.6. The second-order valence-electron chi connectivity index (χ2n) is 6.69. The van der Waals surface area contributed by atoms with Gasteiger partial charge in [0, 0.05) is 5.92 Å². The maximum Gasteiger partial charge on any atom is 0.347 e. The number of aliphatic hydroxyl groups is 1. The summed E-state index contributed by atoms with van der Waals surface area (Å²) in [5.74, 6) is 1.09. The molecule has 1 unspecified atom stereocenters. The van der Waals surface area contributed by atoms with Crippen LogP contribution in [0.2, 0.25) is 0 Å². The van der Waals surface area contributed by atoms with Gasteiger partial charge in [-0.2, -0.15) is 0 Å². The van der Waals surface area contributed by atoms with Crippen molar-refractivity contribution in [3.63, 3.8) is 0 Å². The lowest BCUT2D eigenvalue weighted by Gasteiger charge is -2.27. The maximum atomic E-state index is 12.8. The summed E-state index contributed by atoms with van der Waals surface area (Å²) in [5, 5.41) is 14.6. The molecule has 0 spiro atoms. The van der Waals surface area contributed by atoms with Gasteiger partial charge in [0.15, 0.2) is 0 Å². The van der Waals surface area contributed by atoms with Crippen LogP contribution in [-0.4, -0.2) is 30.8 Å². The van der Waals surface area contributed by atoms with Crippen LogP contribution in [0.4, 0.5) is 0 Å². The van der Waals surface area contributed by atoms with Gasteiger partial charge in [-0.3, -0.25) is 0 Å². The summed E-state index contributed by atoms with van der Waals surface area (Å²) in [4.78, 5) is 12.8. The first-order chi connectivity index (χ1) is 11.7. The Kier molecular flexibility index (Phi) is 3.87. The van der Waals surface area contributed by atoms with Crippen molar-refractivity contribution in [3.8, 4) is 0 Å². The van der Waals surface area contributed by atoms with E-state index in [2.05, 4.69) is 5.32 Å². The fraction of sp³-hybridized carbons (Fsp3) is 0.350. The largest absolute Gasteiger partial charge is 0.463 e. The molecule has 2 aliphatic rings. The average molecular weight is 323 g/mol. The topological polar surface area (TPSA) is 58.6 Å². The number of hydrogen-bond acceptors (Lipinski definition) is 4. The van der Waals surface area contributed by atoms with Crippen LogP contribution in [0.5, 0.6) is 0 Å². The molecule has 2 N–H and O–H groups in total. The monoisotopic (exact) mass is 323 g/mol. The Morgan fingerprint density at radius 1 is 1.00 bits per heavy atom. The third kappa shape index (κ3) is 2.52. The molecule has 1 aliphatic heterocycles. The summed E-state index contributed by atoms with van der Waals surface area (Å²) in [6, 6.07) is 18.0. The average Bonchev–Trinajstić information content (AvgIpc) is 3.07. The molecule has 1 saturated carbocycles. The number of carbonyl (C=O) groups is 1. The van der Waals surface area contributed by atoms with Crippen molar-refractivity contribution in [3.05, 3.63) is 71.8 Å². The maximum absolute atomic E-state index is 12.8. The molecule has 0 aromatic heterocycles. The van der Waals surface area contributed by atoms with Crippen LogP contribution in [-0.2, 0) is 15.1 Å².